The maximum Gasteiger partial charge on any atom is 0.187 e. The van der Waals surface area contributed by atoms with E-state index < -0.39 is 485 Å². The van der Waals surface area contributed by atoms with Gasteiger partial charge in [-0.3, -0.25) is 0 Å². The molecule has 13 aliphatic heterocycles. The number of aliphatic hydroxyl groups is 41. The fourth-order valence-corrected chi connectivity index (χ4v) is 18.8. The van der Waals surface area contributed by atoms with Gasteiger partial charge in [0.2, 0.25) is 0 Å². The topological polar surface area (TPSA) is 1060 Å². The van der Waals surface area contributed by atoms with Crippen LogP contribution in [0.5, 0.6) is 0 Å². The van der Waals surface area contributed by atoms with E-state index in [1.54, 1.807) is 0 Å². The molecule has 41 N–H and O–H groups in total. The van der Waals surface area contributed by atoms with Gasteiger partial charge in [-0.05, 0) is 0 Å². The highest BCUT2D eigenvalue weighted by Crippen LogP contribution is 2.44. The summed E-state index contributed by atoms with van der Waals surface area (Å²) in [5, 5.41) is 456. The molecule has 0 radical (unpaired) electrons. The third-order valence-corrected chi connectivity index (χ3v) is 27.2. The highest BCUT2D eigenvalue weighted by Gasteiger charge is 2.64. The second-order valence-electron chi connectivity index (χ2n) is 36.4. The van der Waals surface area contributed by atoms with E-state index >= 15 is 0 Å². The van der Waals surface area contributed by atoms with Gasteiger partial charge < -0.3 is 328 Å². The Kier molecular flexibility index (Phi) is 42.2. The second-order valence-corrected chi connectivity index (χ2v) is 36.4. The maximum absolute atomic E-state index is 12.2. The first-order valence-electron chi connectivity index (χ1n) is 45.8. The number of ether oxygens (including phenoxy) is 25. The molecule has 0 spiro atoms. The molecule has 0 aromatic carbocycles. The summed E-state index contributed by atoms with van der Waals surface area (Å²) in [7, 11) is 0. The summed E-state index contributed by atoms with van der Waals surface area (Å²) >= 11 is 0. The molecule has 0 amide bonds. The van der Waals surface area contributed by atoms with Gasteiger partial charge in [0.25, 0.3) is 0 Å². The van der Waals surface area contributed by atoms with E-state index in [0.29, 0.717) is 0 Å². The van der Waals surface area contributed by atoms with Gasteiger partial charge in [-0.15, -0.1) is 0 Å². The molecule has 13 saturated heterocycles. The smallest absolute Gasteiger partial charge is 0.187 e. The molecule has 0 saturated carbocycles. The van der Waals surface area contributed by atoms with Crippen LogP contribution in [0, 0.1) is 0 Å². The Bertz CT molecular complexity index is 3790. The Morgan fingerprint density at radius 1 is 0.118 bits per heavy atom. The van der Waals surface area contributed by atoms with Crippen molar-refractivity contribution in [2.75, 3.05) is 85.9 Å². The number of hydrogen-bond donors (Lipinski definition) is 41. The summed E-state index contributed by atoms with van der Waals surface area (Å²) in [5.41, 5.74) is 0. The zero-order valence-electron chi connectivity index (χ0n) is 75.3. The summed E-state index contributed by atoms with van der Waals surface area (Å²) in [6.45, 7) is -14.9. The molecule has 13 heterocycles. The Balaban J connectivity index is 0.682. The van der Waals surface area contributed by atoms with Gasteiger partial charge in [-0.1, -0.05) is 0 Å². The van der Waals surface area contributed by atoms with Crippen molar-refractivity contribution in [3.63, 3.8) is 0 Å². The summed E-state index contributed by atoms with van der Waals surface area (Å²) in [6.07, 6.45) is -143. The molecular weight excluding hydrogens is 1990 g/mol. The monoisotopic (exact) mass is 2120 g/mol. The first kappa shape index (κ1) is 118. The van der Waals surface area contributed by atoms with Crippen LogP contribution in [0.4, 0.5) is 0 Å². The Morgan fingerprint density at radius 3 is 0.417 bits per heavy atom. The van der Waals surface area contributed by atoms with Crippen molar-refractivity contribution in [1.29, 1.82) is 0 Å². The predicted molar refractivity (Wildman–Crippen MR) is 428 cm³/mol. The Morgan fingerprint density at radius 2 is 0.243 bits per heavy atom. The fourth-order valence-electron chi connectivity index (χ4n) is 18.8. The quantitative estimate of drug-likeness (QED) is 0.0275. The third kappa shape index (κ3) is 24.4. The van der Waals surface area contributed by atoms with Crippen LogP contribution in [0.3, 0.4) is 0 Å². The summed E-state index contributed by atoms with van der Waals surface area (Å²) < 4.78 is 142. The molecule has 0 aromatic rings. The molecule has 13 rings (SSSR count). The lowest BCUT2D eigenvalue weighted by Crippen LogP contribution is -2.69. The molecular formula is C78H132O66. The van der Waals surface area contributed by atoms with Crippen LogP contribution in [0.1, 0.15) is 0 Å². The Labute approximate surface area is 810 Å². The highest BCUT2D eigenvalue weighted by atomic mass is 16.8. The first-order valence-corrected chi connectivity index (χ1v) is 45.8. The van der Waals surface area contributed by atoms with E-state index in [9.17, 15) is 209 Å². The van der Waals surface area contributed by atoms with E-state index in [-0.39, 0.29) is 0 Å². The van der Waals surface area contributed by atoms with E-state index in [0.717, 1.165) is 0 Å². The van der Waals surface area contributed by atoms with Crippen molar-refractivity contribution in [1.82, 2.24) is 0 Å². The zero-order valence-corrected chi connectivity index (χ0v) is 75.3. The largest absolute Gasteiger partial charge is 0.394 e. The average Bonchev–Trinajstić information content (AvgIpc) is 0.761. The lowest BCUT2D eigenvalue weighted by Gasteiger charge is -2.50. The minimum atomic E-state index is -2.58. The average molecular weight is 2130 g/mol. The van der Waals surface area contributed by atoms with E-state index in [1.807, 2.05) is 0 Å². The van der Waals surface area contributed by atoms with Crippen molar-refractivity contribution in [2.45, 2.75) is 399 Å². The van der Waals surface area contributed by atoms with Gasteiger partial charge in [0.05, 0.1) is 85.9 Å². The summed E-state index contributed by atoms with van der Waals surface area (Å²) in [4.78, 5) is 0. The van der Waals surface area contributed by atoms with E-state index in [4.69, 9.17) is 118 Å². The molecule has 13 fully saturated rings. The maximum atomic E-state index is 12.2. The number of aliphatic hydroxyl groups excluding tert-OH is 41. The van der Waals surface area contributed by atoms with Gasteiger partial charge in [-0.25, -0.2) is 0 Å². The summed E-state index contributed by atoms with van der Waals surface area (Å²) in [6, 6.07) is 0. The van der Waals surface area contributed by atoms with Crippen LogP contribution in [0.2, 0.25) is 0 Å². The van der Waals surface area contributed by atoms with Crippen LogP contribution in [0.25, 0.3) is 0 Å². The van der Waals surface area contributed by atoms with Gasteiger partial charge in [-0.2, -0.15) is 0 Å². The molecule has 13 aliphatic rings. The molecule has 0 aliphatic carbocycles. The first-order chi connectivity index (χ1) is 68.4. The standard InChI is InChI=1S/C78H132O66/c79-1-14-27(91)40(104)42(106)67(122-14)120-13-26-39(103)65(144-77-45(109)56(30(94)17(4-82)132-77)135-68-43(107)41(105)28(92)15(2-80)123-68)54(118)78(133-26)143-64-38(102)25(12-90)131-76(53(64)117)142-63-37(101)24(11-89)130-75(52(63)116)141-62-36(100)23(10-88)129-74(51(62)115)140-61-35(99)22(9-87)128-73(50(61)114)139-60-34(98)21(8-86)127-72(49(60)113)138-59-33(97)20(7-85)126-71(48(59)112)137-58-32(96)19(6-84)125-70(47(58)111)136-57-31(95)18(5-83)124-69(46(57)110)134-55-29(93)16(3-81)121-66(119)44(55)108/h14-119H,1-13H2/t14-,15-,16-,17-,18-,19-,20-,21-,22-,23-,24-,25-,26-,27-,28-,29-,30-,31-,32-,33-,34-,35-,36-,37-,38-,39-,40+,41+,42-,43-,44-,45-,46-,47-,48-,49-,50-,51-,52-,53-,54-,55+,56+,57+,58+,59+,60+,61+,62+,63+,64+,65+,66-,67-,68+,69+,70+,71+,72+,73+,74+,75+,76+,77+,78+/m1/s1. The lowest BCUT2D eigenvalue weighted by molar-refractivity contribution is -0.405. The highest BCUT2D eigenvalue weighted by molar-refractivity contribution is 5.06. The number of rotatable bonds is 37. The molecule has 0 bridgehead atoms. The summed E-state index contributed by atoms with van der Waals surface area (Å²) in [5.74, 6) is 0. The van der Waals surface area contributed by atoms with Gasteiger partial charge in [0.15, 0.2) is 81.8 Å². The molecule has 66 nitrogen and oxygen atoms in total. The van der Waals surface area contributed by atoms with Crippen LogP contribution < -0.4 is 0 Å². The van der Waals surface area contributed by atoms with Gasteiger partial charge in [0, 0.05) is 0 Å². The lowest BCUT2D eigenvalue weighted by atomic mass is 9.94. The van der Waals surface area contributed by atoms with Crippen LogP contribution in [-0.2, 0) is 118 Å². The fraction of sp³-hybridized carbons (Fsp3) is 1.00. The van der Waals surface area contributed by atoms with Crippen LogP contribution >= 0.6 is 0 Å². The molecule has 0 unspecified atom stereocenters. The predicted octanol–water partition coefficient (Wildman–Crippen LogP) is -29.3. The van der Waals surface area contributed by atoms with Crippen molar-refractivity contribution < 1.29 is 328 Å². The Hall–Kier alpha value is -2.64. The number of hydrogen-bond acceptors (Lipinski definition) is 66. The second kappa shape index (κ2) is 51.4. The van der Waals surface area contributed by atoms with E-state index in [1.165, 1.54) is 0 Å². The molecule has 65 atom stereocenters. The zero-order chi connectivity index (χ0) is 105. The molecule has 0 aromatic heterocycles. The van der Waals surface area contributed by atoms with E-state index in [2.05, 4.69) is 0 Å². The minimum absolute atomic E-state index is 0.938. The molecule has 840 valence electrons. The molecule has 66 heteroatoms. The van der Waals surface area contributed by atoms with Crippen molar-refractivity contribution in [3.05, 3.63) is 0 Å². The van der Waals surface area contributed by atoms with Crippen molar-refractivity contribution in [2.24, 2.45) is 0 Å². The SMILES string of the molecule is OC[C@H]1O[C@@H](OC[C@H]2O[C@@H](O[C@@H]3[C@@H](O)[C@H](O[C@@H]4[C@@H](O)[C@H](O[C@@H]5[C@@H](O)[C@H](O[C@@H]6[C@@H](O)[C@H](O[C@@H]7[C@@H](O)[C@H](O[C@@H]8[C@@H](O)[C@H](O[C@@H]9[C@@H](O)[C@H](O[C@@H]%10[C@@H](O)[C@H](O[C@@H]%11[C@@H](O)[C@H](O)O[C@H](CO)[C@H]%11O)O[C@H](CO)[C@H]%10O)O[C@H](CO)[C@H]9O)O[C@H](CO)[C@H]8O)O[C@H](CO)[C@H]7O)O[C@H](CO)[C@H]6O)O[C@H](CO)[C@H]5O)O[C@H](CO)[C@H]4O)O[C@H](CO)[C@H]3O)[C@H](O)[C@@H](O[C@@H]3O[C@H](CO)[C@@H](O)[C@H](O[C@@H]4O[C@H](CO)[C@@H](O)[C@H](O)[C@H]4O)[C@H]3O)[C@@H]2O)[C@H](O)[C@@H](O)[C@@H]1O. The van der Waals surface area contributed by atoms with Gasteiger partial charge >= 0.3 is 0 Å². The third-order valence-electron chi connectivity index (χ3n) is 27.2. The van der Waals surface area contributed by atoms with Crippen molar-refractivity contribution >= 4 is 0 Å². The normalized spacial score (nSPS) is 53.9. The van der Waals surface area contributed by atoms with Crippen LogP contribution in [-0.4, -0.2) is 694 Å². The molecule has 144 heavy (non-hydrogen) atoms. The van der Waals surface area contributed by atoms with Gasteiger partial charge in [0.1, 0.15) is 317 Å². The van der Waals surface area contributed by atoms with Crippen molar-refractivity contribution in [3.8, 4) is 0 Å². The minimum Gasteiger partial charge on any atom is -0.394 e. The van der Waals surface area contributed by atoms with Crippen LogP contribution in [0.15, 0.2) is 0 Å².